The maximum absolute atomic E-state index is 12.4. The van der Waals surface area contributed by atoms with E-state index in [9.17, 15) is 4.79 Å². The van der Waals surface area contributed by atoms with Crippen molar-refractivity contribution in [2.24, 2.45) is 0 Å². The molecule has 5 nitrogen and oxygen atoms in total. The summed E-state index contributed by atoms with van der Waals surface area (Å²) in [6.07, 6.45) is 3.59. The van der Waals surface area contributed by atoms with Crippen LogP contribution in [0.15, 0.2) is 30.6 Å². The summed E-state index contributed by atoms with van der Waals surface area (Å²) in [7, 11) is 0. The summed E-state index contributed by atoms with van der Waals surface area (Å²) >= 11 is 0. The number of rotatable bonds is 3. The summed E-state index contributed by atoms with van der Waals surface area (Å²) < 4.78 is 0. The molecule has 114 valence electrons. The molecule has 1 amide bonds. The molecule has 0 saturated carbocycles. The van der Waals surface area contributed by atoms with E-state index in [0.29, 0.717) is 11.5 Å². The molecule has 0 spiro atoms. The minimum atomic E-state index is -0.0111. The number of likely N-dealkylation sites (tertiary alicyclic amines) is 1. The minimum absolute atomic E-state index is 0.0111. The molecule has 1 aliphatic heterocycles. The third-order valence-corrected chi connectivity index (χ3v) is 4.06. The van der Waals surface area contributed by atoms with Gasteiger partial charge in [0.25, 0.3) is 5.91 Å². The van der Waals surface area contributed by atoms with Gasteiger partial charge in [0.2, 0.25) is 0 Å². The molecule has 0 atom stereocenters. The maximum Gasteiger partial charge on any atom is 0.272 e. The molecule has 1 fully saturated rings. The van der Waals surface area contributed by atoms with E-state index in [-0.39, 0.29) is 5.91 Å². The number of benzene rings is 1. The molecule has 1 aromatic heterocycles. The summed E-state index contributed by atoms with van der Waals surface area (Å²) in [6, 6.07) is 7.86. The first kappa shape index (κ1) is 14.5. The molecule has 22 heavy (non-hydrogen) atoms. The van der Waals surface area contributed by atoms with Gasteiger partial charge in [0.05, 0.1) is 0 Å². The topological polar surface area (TPSA) is 58.1 Å². The molecule has 0 unspecified atom stereocenters. The molecular weight excluding hydrogens is 276 g/mol. The molecular formula is C17H20N4O. The van der Waals surface area contributed by atoms with Gasteiger partial charge in [-0.3, -0.25) is 4.79 Å². The van der Waals surface area contributed by atoms with Crippen LogP contribution in [0.2, 0.25) is 0 Å². The summed E-state index contributed by atoms with van der Waals surface area (Å²) in [5.41, 5.74) is 3.87. The van der Waals surface area contributed by atoms with Gasteiger partial charge in [-0.2, -0.15) is 0 Å². The zero-order chi connectivity index (χ0) is 15.5. The van der Waals surface area contributed by atoms with Gasteiger partial charge in [0.1, 0.15) is 17.8 Å². The number of hydrogen-bond acceptors (Lipinski definition) is 4. The van der Waals surface area contributed by atoms with Crippen LogP contribution in [-0.4, -0.2) is 33.9 Å². The van der Waals surface area contributed by atoms with Gasteiger partial charge < -0.3 is 10.2 Å². The second-order valence-corrected chi connectivity index (χ2v) is 5.71. The Balaban J connectivity index is 1.78. The largest absolute Gasteiger partial charge is 0.340 e. The van der Waals surface area contributed by atoms with Crippen molar-refractivity contribution in [2.75, 3.05) is 18.4 Å². The Bertz CT molecular complexity index is 693. The van der Waals surface area contributed by atoms with Crippen molar-refractivity contribution in [1.82, 2.24) is 14.9 Å². The van der Waals surface area contributed by atoms with Crippen LogP contribution in [0.3, 0.4) is 0 Å². The van der Waals surface area contributed by atoms with E-state index >= 15 is 0 Å². The van der Waals surface area contributed by atoms with Crippen LogP contribution in [0.5, 0.6) is 0 Å². The maximum atomic E-state index is 12.4. The van der Waals surface area contributed by atoms with Gasteiger partial charge in [-0.15, -0.1) is 0 Å². The molecule has 2 aromatic rings. The zero-order valence-electron chi connectivity index (χ0n) is 13.0. The van der Waals surface area contributed by atoms with Crippen LogP contribution >= 0.6 is 0 Å². The van der Waals surface area contributed by atoms with Crippen LogP contribution in [-0.2, 0) is 0 Å². The molecule has 1 saturated heterocycles. The summed E-state index contributed by atoms with van der Waals surface area (Å²) in [6.45, 7) is 5.80. The van der Waals surface area contributed by atoms with E-state index in [1.165, 1.54) is 17.5 Å². The quantitative estimate of drug-likeness (QED) is 0.945. The average molecular weight is 296 g/mol. The number of nitrogens with zero attached hydrogens (tertiary/aromatic N) is 3. The SMILES string of the molecule is Cc1ccc(Nc2cc(C(=O)N3CCCC3)ncn2)cc1C. The molecule has 1 aliphatic rings. The normalized spacial score (nSPS) is 14.2. The Morgan fingerprint density at radius 2 is 1.86 bits per heavy atom. The van der Waals surface area contributed by atoms with Crippen molar-refractivity contribution in [2.45, 2.75) is 26.7 Å². The fraction of sp³-hybridized carbons (Fsp3) is 0.353. The molecule has 1 N–H and O–H groups in total. The van der Waals surface area contributed by atoms with Gasteiger partial charge in [0.15, 0.2) is 0 Å². The highest BCUT2D eigenvalue weighted by Gasteiger charge is 2.20. The monoisotopic (exact) mass is 296 g/mol. The lowest BCUT2D eigenvalue weighted by Gasteiger charge is -2.15. The summed E-state index contributed by atoms with van der Waals surface area (Å²) in [5, 5.41) is 3.24. The molecule has 5 heteroatoms. The molecule has 2 heterocycles. The second kappa shape index (κ2) is 6.13. The molecule has 0 aliphatic carbocycles. The van der Waals surface area contributed by atoms with Gasteiger partial charge >= 0.3 is 0 Å². The van der Waals surface area contributed by atoms with E-state index in [4.69, 9.17) is 0 Å². The van der Waals surface area contributed by atoms with Crippen molar-refractivity contribution in [1.29, 1.82) is 0 Å². The minimum Gasteiger partial charge on any atom is -0.340 e. The zero-order valence-corrected chi connectivity index (χ0v) is 13.0. The summed E-state index contributed by atoms with van der Waals surface area (Å²) in [4.78, 5) is 22.5. The number of aryl methyl sites for hydroxylation is 2. The first-order valence-corrected chi connectivity index (χ1v) is 7.59. The highest BCUT2D eigenvalue weighted by Crippen LogP contribution is 2.19. The van der Waals surface area contributed by atoms with Crippen molar-refractivity contribution < 1.29 is 4.79 Å². The average Bonchev–Trinajstić information content (AvgIpc) is 3.05. The van der Waals surface area contributed by atoms with E-state index in [1.54, 1.807) is 6.07 Å². The molecule has 0 radical (unpaired) electrons. The van der Waals surface area contributed by atoms with Crippen LogP contribution in [0.1, 0.15) is 34.5 Å². The fourth-order valence-corrected chi connectivity index (χ4v) is 2.59. The van der Waals surface area contributed by atoms with Gasteiger partial charge in [-0.05, 0) is 49.9 Å². The van der Waals surface area contributed by atoms with E-state index in [2.05, 4.69) is 41.3 Å². The molecule has 1 aromatic carbocycles. The Hall–Kier alpha value is -2.43. The lowest BCUT2D eigenvalue weighted by molar-refractivity contribution is 0.0787. The van der Waals surface area contributed by atoms with Crippen LogP contribution in [0.4, 0.5) is 11.5 Å². The number of amides is 1. The third kappa shape index (κ3) is 3.08. The number of carbonyl (C=O) groups is 1. The smallest absolute Gasteiger partial charge is 0.272 e. The number of carbonyl (C=O) groups excluding carboxylic acids is 1. The summed E-state index contributed by atoms with van der Waals surface area (Å²) in [5.74, 6) is 0.629. The Labute approximate surface area is 130 Å². The lowest BCUT2D eigenvalue weighted by atomic mass is 10.1. The number of hydrogen-bond donors (Lipinski definition) is 1. The van der Waals surface area contributed by atoms with Crippen LogP contribution in [0, 0.1) is 13.8 Å². The third-order valence-electron chi connectivity index (χ3n) is 4.06. The predicted octanol–water partition coefficient (Wildman–Crippen LogP) is 3.07. The number of aromatic nitrogens is 2. The van der Waals surface area contributed by atoms with Gasteiger partial charge in [-0.1, -0.05) is 6.07 Å². The molecule has 3 rings (SSSR count). The van der Waals surface area contributed by atoms with E-state index in [0.717, 1.165) is 31.6 Å². The lowest BCUT2D eigenvalue weighted by Crippen LogP contribution is -2.28. The highest BCUT2D eigenvalue weighted by molar-refractivity contribution is 5.93. The number of anilines is 2. The van der Waals surface area contributed by atoms with Gasteiger partial charge in [-0.25, -0.2) is 9.97 Å². The van der Waals surface area contributed by atoms with Crippen molar-refractivity contribution in [3.63, 3.8) is 0 Å². The van der Waals surface area contributed by atoms with Crippen molar-refractivity contribution >= 4 is 17.4 Å². The number of nitrogens with one attached hydrogen (secondary N) is 1. The van der Waals surface area contributed by atoms with Crippen LogP contribution in [0.25, 0.3) is 0 Å². The van der Waals surface area contributed by atoms with Crippen molar-refractivity contribution in [3.8, 4) is 0 Å². The van der Waals surface area contributed by atoms with Crippen molar-refractivity contribution in [3.05, 3.63) is 47.4 Å². The Morgan fingerprint density at radius 1 is 1.09 bits per heavy atom. The highest BCUT2D eigenvalue weighted by atomic mass is 16.2. The Kier molecular flexibility index (Phi) is 4.04. The second-order valence-electron chi connectivity index (χ2n) is 5.71. The first-order chi connectivity index (χ1) is 10.6. The van der Waals surface area contributed by atoms with Crippen LogP contribution < -0.4 is 5.32 Å². The van der Waals surface area contributed by atoms with Gasteiger partial charge in [0, 0.05) is 24.8 Å². The Morgan fingerprint density at radius 3 is 2.59 bits per heavy atom. The first-order valence-electron chi connectivity index (χ1n) is 7.59. The van der Waals surface area contributed by atoms with E-state index < -0.39 is 0 Å². The molecule has 0 bridgehead atoms. The standard InChI is InChI=1S/C17H20N4O/c1-12-5-6-14(9-13(12)2)20-16-10-15(18-11-19-16)17(22)21-7-3-4-8-21/h5-6,9-11H,3-4,7-8H2,1-2H3,(H,18,19,20). The van der Waals surface area contributed by atoms with E-state index in [1.807, 2.05) is 11.0 Å². The predicted molar refractivity (Wildman–Crippen MR) is 86.4 cm³/mol. The fourth-order valence-electron chi connectivity index (χ4n) is 2.59.